The van der Waals surface area contributed by atoms with Gasteiger partial charge in [0.25, 0.3) is 5.56 Å². The zero-order chi connectivity index (χ0) is 25.4. The van der Waals surface area contributed by atoms with E-state index in [1.54, 1.807) is 6.92 Å². The van der Waals surface area contributed by atoms with Crippen LogP contribution in [0.2, 0.25) is 0 Å². The highest BCUT2D eigenvalue weighted by Crippen LogP contribution is 2.64. The number of phosphoric acid groups is 3. The van der Waals surface area contributed by atoms with Crippen molar-refractivity contribution in [2.24, 2.45) is 0 Å². The minimum absolute atomic E-state index is 0.0451. The molecule has 1 aromatic carbocycles. The molecule has 0 amide bonds. The molecule has 0 aliphatic rings. The first-order chi connectivity index (χ1) is 15.0. The van der Waals surface area contributed by atoms with E-state index in [0.29, 0.717) is 5.56 Å². The normalized spacial score (nSPS) is 13.2. The molecule has 16 nitrogen and oxygen atoms in total. The van der Waals surface area contributed by atoms with E-state index in [1.165, 1.54) is 10.8 Å². The molecule has 1 unspecified atom stereocenters. The van der Waals surface area contributed by atoms with E-state index >= 15 is 0 Å². The van der Waals surface area contributed by atoms with E-state index in [2.05, 4.69) is 13.6 Å². The highest BCUT2D eigenvalue weighted by Gasteiger charge is 2.38. The molecule has 7 N–H and O–H groups in total. The van der Waals surface area contributed by atoms with Crippen molar-refractivity contribution in [1.29, 1.82) is 0 Å². The Morgan fingerprint density at radius 1 is 0.970 bits per heavy atom. The SMILES string of the molecule is Cc1cn(COC(CO)c2ccccc2)c(=O)[nH]c1=O.O=P(O)(O)OP(=O)(O)OP(=O)(O)O. The molecule has 186 valence electrons. The average molecular weight is 534 g/mol. The zero-order valence-electron chi connectivity index (χ0n) is 16.7. The first-order valence-electron chi connectivity index (χ1n) is 8.47. The Kier molecular flexibility index (Phi) is 10.7. The van der Waals surface area contributed by atoms with Crippen molar-refractivity contribution in [3.63, 3.8) is 0 Å². The Bertz CT molecular complexity index is 1140. The van der Waals surface area contributed by atoms with Crippen molar-refractivity contribution in [3.8, 4) is 0 Å². The number of aliphatic hydroxyl groups excluding tert-OH is 1. The van der Waals surface area contributed by atoms with Gasteiger partial charge in [-0.1, -0.05) is 30.3 Å². The Hall–Kier alpha value is -1.77. The van der Waals surface area contributed by atoms with Crippen molar-refractivity contribution in [2.75, 3.05) is 6.61 Å². The summed E-state index contributed by atoms with van der Waals surface area (Å²) in [6.45, 7) is 1.37. The molecule has 0 aliphatic carbocycles. The summed E-state index contributed by atoms with van der Waals surface area (Å²) in [5, 5.41) is 9.36. The van der Waals surface area contributed by atoms with Gasteiger partial charge in [0.05, 0.1) is 6.61 Å². The van der Waals surface area contributed by atoms with Gasteiger partial charge in [-0.15, -0.1) is 0 Å². The number of hydrogen-bond donors (Lipinski definition) is 7. The van der Waals surface area contributed by atoms with Crippen LogP contribution in [0, 0.1) is 6.92 Å². The first-order valence-corrected chi connectivity index (χ1v) is 13.0. The lowest BCUT2D eigenvalue weighted by Gasteiger charge is -2.16. The van der Waals surface area contributed by atoms with E-state index < -0.39 is 40.8 Å². The van der Waals surface area contributed by atoms with Crippen LogP contribution in [0.3, 0.4) is 0 Å². The smallest absolute Gasteiger partial charge is 0.393 e. The van der Waals surface area contributed by atoms with Gasteiger partial charge in [0.1, 0.15) is 12.8 Å². The van der Waals surface area contributed by atoms with Gasteiger partial charge in [-0.25, -0.2) is 18.5 Å². The summed E-state index contributed by atoms with van der Waals surface area (Å²) in [6.07, 6.45) is 0.913. The van der Waals surface area contributed by atoms with Crippen molar-refractivity contribution in [2.45, 2.75) is 19.8 Å². The molecule has 1 aromatic heterocycles. The minimum atomic E-state index is -5.46. The number of aromatic nitrogens is 2. The van der Waals surface area contributed by atoms with Gasteiger partial charge < -0.3 is 34.3 Å². The van der Waals surface area contributed by atoms with Crippen LogP contribution in [-0.4, -0.2) is 45.7 Å². The molecule has 1 heterocycles. The molecule has 0 bridgehead atoms. The van der Waals surface area contributed by atoms with E-state index in [0.717, 1.165) is 5.56 Å². The third-order valence-corrected chi connectivity index (χ3v) is 6.71. The Morgan fingerprint density at radius 3 is 1.94 bits per heavy atom. The average Bonchev–Trinajstić information content (AvgIpc) is 2.63. The van der Waals surface area contributed by atoms with Gasteiger partial charge in [-0.05, 0) is 12.5 Å². The highest BCUT2D eigenvalue weighted by molar-refractivity contribution is 7.66. The summed E-state index contributed by atoms with van der Waals surface area (Å²) in [4.78, 5) is 65.3. The fraction of sp³-hybridized carbons (Fsp3) is 0.286. The standard InChI is InChI=1S/C14H16N2O4.H5O10P3/c1-10-7-16(14(19)15-13(10)18)9-20-12(8-17)11-5-3-2-4-6-11;1-11(2,3)9-13(7,8)10-12(4,5)6/h2-7,12,17H,8-9H2,1H3,(H,15,18,19);(H,7,8)(H2,1,2,3)(H2,4,5,6). The minimum Gasteiger partial charge on any atom is -0.393 e. The number of aliphatic hydroxyl groups is 1. The third-order valence-electron chi connectivity index (χ3n) is 3.36. The molecule has 33 heavy (non-hydrogen) atoms. The number of aromatic amines is 1. The second-order valence-corrected chi connectivity index (χ2v) is 10.2. The number of nitrogens with zero attached hydrogens (tertiary/aromatic N) is 1. The van der Waals surface area contributed by atoms with Crippen molar-refractivity contribution in [1.82, 2.24) is 9.55 Å². The van der Waals surface area contributed by atoms with Gasteiger partial charge in [0, 0.05) is 11.8 Å². The molecule has 1 atom stereocenters. The lowest BCUT2D eigenvalue weighted by atomic mass is 10.1. The second kappa shape index (κ2) is 12.1. The summed E-state index contributed by atoms with van der Waals surface area (Å²) >= 11 is 0. The van der Waals surface area contributed by atoms with Crippen molar-refractivity contribution < 1.29 is 56.6 Å². The third kappa shape index (κ3) is 11.8. The predicted molar refractivity (Wildman–Crippen MR) is 109 cm³/mol. The van der Waals surface area contributed by atoms with Crippen molar-refractivity contribution >= 4 is 23.5 Å². The molecular weight excluding hydrogens is 513 g/mol. The van der Waals surface area contributed by atoms with Crippen LogP contribution in [0.5, 0.6) is 0 Å². The molecule has 0 saturated heterocycles. The molecule has 0 saturated carbocycles. The summed E-state index contributed by atoms with van der Waals surface area (Å²) in [5.41, 5.74) is 0.302. The van der Waals surface area contributed by atoms with Crippen LogP contribution in [-0.2, 0) is 33.8 Å². The molecule has 0 aliphatic heterocycles. The maximum absolute atomic E-state index is 11.6. The van der Waals surface area contributed by atoms with Crippen LogP contribution >= 0.6 is 23.5 Å². The van der Waals surface area contributed by atoms with Crippen LogP contribution in [0.1, 0.15) is 17.2 Å². The summed E-state index contributed by atoms with van der Waals surface area (Å²) in [6, 6.07) is 9.23. The van der Waals surface area contributed by atoms with Crippen LogP contribution in [0.25, 0.3) is 0 Å². The predicted octanol–water partition coefficient (Wildman–Crippen LogP) is -0.142. The number of rotatable bonds is 9. The number of H-pyrrole nitrogens is 1. The fourth-order valence-corrected chi connectivity index (χ4v) is 4.63. The van der Waals surface area contributed by atoms with Crippen LogP contribution in [0.4, 0.5) is 0 Å². The summed E-state index contributed by atoms with van der Waals surface area (Å²) in [5.74, 6) is 0. The van der Waals surface area contributed by atoms with Gasteiger partial charge in [0.15, 0.2) is 0 Å². The molecule has 0 fully saturated rings. The summed E-state index contributed by atoms with van der Waals surface area (Å²) in [7, 11) is -16.2. The van der Waals surface area contributed by atoms with E-state index in [-0.39, 0.29) is 13.3 Å². The van der Waals surface area contributed by atoms with E-state index in [4.69, 9.17) is 29.2 Å². The molecule has 2 aromatic rings. The highest BCUT2D eigenvalue weighted by atomic mass is 31.3. The maximum atomic E-state index is 11.6. The number of benzene rings is 1. The topological polar surface area (TPSA) is 255 Å². The molecule has 0 radical (unpaired) electrons. The molecule has 19 heteroatoms. The quantitative estimate of drug-likeness (QED) is 0.207. The van der Waals surface area contributed by atoms with Gasteiger partial charge >= 0.3 is 29.2 Å². The molecular formula is C14H21N2O14P3. The van der Waals surface area contributed by atoms with E-state index in [1.807, 2.05) is 30.3 Å². The van der Waals surface area contributed by atoms with Crippen LogP contribution in [0.15, 0.2) is 46.1 Å². The maximum Gasteiger partial charge on any atom is 0.490 e. The Morgan fingerprint density at radius 2 is 1.48 bits per heavy atom. The van der Waals surface area contributed by atoms with Gasteiger partial charge in [-0.2, -0.15) is 8.62 Å². The number of hydrogen-bond acceptors (Lipinski definition) is 9. The number of nitrogens with one attached hydrogen (secondary N) is 1. The Balaban J connectivity index is 0.000000366. The lowest BCUT2D eigenvalue weighted by molar-refractivity contribution is -0.0273. The Labute approximate surface area is 185 Å². The van der Waals surface area contributed by atoms with Crippen LogP contribution < -0.4 is 11.2 Å². The largest absolute Gasteiger partial charge is 0.490 e. The van der Waals surface area contributed by atoms with E-state index in [9.17, 15) is 28.4 Å². The molecule has 0 spiro atoms. The van der Waals surface area contributed by atoms with Crippen molar-refractivity contribution in [3.05, 3.63) is 68.5 Å². The van der Waals surface area contributed by atoms with Gasteiger partial charge in [-0.3, -0.25) is 14.3 Å². The summed E-state index contributed by atoms with van der Waals surface area (Å²) < 4.78 is 43.2. The first kappa shape index (κ1) is 29.3. The zero-order valence-corrected chi connectivity index (χ0v) is 19.4. The number of ether oxygens (including phenoxy) is 1. The van der Waals surface area contributed by atoms with Gasteiger partial charge in [0.2, 0.25) is 0 Å². The number of aryl methyl sites for hydroxylation is 1. The second-order valence-electron chi connectivity index (χ2n) is 6.03. The lowest BCUT2D eigenvalue weighted by Crippen LogP contribution is -2.31. The monoisotopic (exact) mass is 534 g/mol. The molecule has 2 rings (SSSR count). The fourth-order valence-electron chi connectivity index (χ4n) is 2.09.